The van der Waals surface area contributed by atoms with Crippen LogP contribution in [0.5, 0.6) is 0 Å². The lowest BCUT2D eigenvalue weighted by atomic mass is 10.1. The van der Waals surface area contributed by atoms with E-state index in [0.29, 0.717) is 25.9 Å². The summed E-state index contributed by atoms with van der Waals surface area (Å²) in [4.78, 5) is 13.6. The first-order valence-electron chi connectivity index (χ1n) is 7.60. The van der Waals surface area contributed by atoms with Crippen LogP contribution in [0.15, 0.2) is 0 Å². The third kappa shape index (κ3) is 5.10. The van der Waals surface area contributed by atoms with Gasteiger partial charge in [0.1, 0.15) is 12.7 Å². The third-order valence-electron chi connectivity index (χ3n) is 4.06. The minimum absolute atomic E-state index is 0.159. The van der Waals surface area contributed by atoms with E-state index in [1.54, 1.807) is 0 Å². The molecular weight excluding hydrogens is 328 g/mol. The van der Waals surface area contributed by atoms with Gasteiger partial charge in [0.15, 0.2) is 6.29 Å². The van der Waals surface area contributed by atoms with Gasteiger partial charge < -0.3 is 24.6 Å². The van der Waals surface area contributed by atoms with Gasteiger partial charge in [-0.15, -0.1) is 0 Å². The molecule has 2 aliphatic rings. The van der Waals surface area contributed by atoms with Gasteiger partial charge in [-0.2, -0.15) is 4.31 Å². The highest BCUT2D eigenvalue weighted by Crippen LogP contribution is 2.20. The van der Waals surface area contributed by atoms with E-state index in [1.165, 1.54) is 9.21 Å². The predicted molar refractivity (Wildman–Crippen MR) is 79.9 cm³/mol. The summed E-state index contributed by atoms with van der Waals surface area (Å²) in [5.74, 6) is -0.278. The molecule has 0 bridgehead atoms. The van der Waals surface area contributed by atoms with Gasteiger partial charge in [0, 0.05) is 26.2 Å². The number of aliphatic hydroxyl groups excluding tert-OH is 2. The molecular formula is C13H24N2O7S. The highest BCUT2D eigenvalue weighted by molar-refractivity contribution is 7.88. The molecule has 0 saturated carbocycles. The van der Waals surface area contributed by atoms with Crippen LogP contribution >= 0.6 is 0 Å². The zero-order valence-electron chi connectivity index (χ0n) is 13.1. The van der Waals surface area contributed by atoms with E-state index in [4.69, 9.17) is 14.6 Å². The van der Waals surface area contributed by atoms with Crippen molar-refractivity contribution in [1.82, 2.24) is 9.21 Å². The molecule has 0 aromatic carbocycles. The quantitative estimate of drug-likeness (QED) is 0.586. The minimum atomic E-state index is -3.23. The molecule has 134 valence electrons. The topological polar surface area (TPSA) is 117 Å². The Labute approximate surface area is 135 Å². The normalized spacial score (nSPS) is 30.4. The molecule has 0 aromatic rings. The molecule has 2 N–H and O–H groups in total. The molecule has 1 amide bonds. The molecule has 0 aliphatic carbocycles. The monoisotopic (exact) mass is 352 g/mol. The van der Waals surface area contributed by atoms with Crippen molar-refractivity contribution in [3.05, 3.63) is 0 Å². The largest absolute Gasteiger partial charge is 0.394 e. The zero-order chi connectivity index (χ0) is 17.0. The average molecular weight is 352 g/mol. The summed E-state index contributed by atoms with van der Waals surface area (Å²) in [5, 5.41) is 18.9. The molecule has 0 spiro atoms. The SMILES string of the molecule is CS(=O)(=O)N1CCN(C(=O)COC2OC(CO)CCC2O)CC1. The number of hydrogen-bond acceptors (Lipinski definition) is 7. The Kier molecular flexibility index (Phi) is 6.34. The number of aliphatic hydroxyl groups is 2. The number of carbonyl (C=O) groups is 1. The fourth-order valence-corrected chi connectivity index (χ4v) is 3.47. The number of amides is 1. The van der Waals surface area contributed by atoms with Crippen molar-refractivity contribution < 1.29 is 32.9 Å². The van der Waals surface area contributed by atoms with Crippen molar-refractivity contribution in [1.29, 1.82) is 0 Å². The summed E-state index contributed by atoms with van der Waals surface area (Å²) in [7, 11) is -3.23. The Morgan fingerprint density at radius 3 is 2.48 bits per heavy atom. The number of ether oxygens (including phenoxy) is 2. The maximum absolute atomic E-state index is 12.1. The smallest absolute Gasteiger partial charge is 0.248 e. The summed E-state index contributed by atoms with van der Waals surface area (Å²) in [6.45, 7) is 0.733. The van der Waals surface area contributed by atoms with E-state index in [1.807, 2.05) is 0 Å². The maximum Gasteiger partial charge on any atom is 0.248 e. The van der Waals surface area contributed by atoms with Gasteiger partial charge in [-0.1, -0.05) is 0 Å². The van der Waals surface area contributed by atoms with Crippen LogP contribution in [0.1, 0.15) is 12.8 Å². The van der Waals surface area contributed by atoms with Gasteiger partial charge >= 0.3 is 0 Å². The lowest BCUT2D eigenvalue weighted by Crippen LogP contribution is -2.51. The van der Waals surface area contributed by atoms with E-state index < -0.39 is 28.5 Å². The summed E-state index contributed by atoms with van der Waals surface area (Å²) in [5.41, 5.74) is 0. The number of piperazine rings is 1. The molecule has 2 rings (SSSR count). The number of nitrogens with zero attached hydrogens (tertiary/aromatic N) is 2. The van der Waals surface area contributed by atoms with Crippen LogP contribution < -0.4 is 0 Å². The number of rotatable bonds is 5. The predicted octanol–water partition coefficient (Wildman–Crippen LogP) is -2.03. The number of carbonyl (C=O) groups excluding carboxylic acids is 1. The Balaban J connectivity index is 1.77. The lowest BCUT2D eigenvalue weighted by molar-refractivity contribution is -0.244. The Morgan fingerprint density at radius 1 is 1.26 bits per heavy atom. The van der Waals surface area contributed by atoms with Crippen molar-refractivity contribution in [3.8, 4) is 0 Å². The van der Waals surface area contributed by atoms with Crippen LogP contribution in [0.4, 0.5) is 0 Å². The van der Waals surface area contributed by atoms with Gasteiger partial charge in [-0.05, 0) is 12.8 Å². The van der Waals surface area contributed by atoms with Gasteiger partial charge in [-0.3, -0.25) is 4.79 Å². The maximum atomic E-state index is 12.1. The lowest BCUT2D eigenvalue weighted by Gasteiger charge is -2.35. The van der Waals surface area contributed by atoms with Gasteiger partial charge in [0.05, 0.1) is 19.0 Å². The molecule has 2 fully saturated rings. The Bertz CT molecular complexity index is 504. The molecule has 10 heteroatoms. The van der Waals surface area contributed by atoms with E-state index in [2.05, 4.69) is 0 Å². The highest BCUT2D eigenvalue weighted by Gasteiger charge is 2.32. The molecule has 2 saturated heterocycles. The Hall–Kier alpha value is -0.780. The van der Waals surface area contributed by atoms with Crippen molar-refractivity contribution >= 4 is 15.9 Å². The van der Waals surface area contributed by atoms with Crippen LogP contribution in [0.3, 0.4) is 0 Å². The average Bonchev–Trinajstić information content (AvgIpc) is 2.53. The van der Waals surface area contributed by atoms with E-state index in [-0.39, 0.29) is 32.2 Å². The zero-order valence-corrected chi connectivity index (χ0v) is 13.9. The fourth-order valence-electron chi connectivity index (χ4n) is 2.64. The summed E-state index contributed by atoms with van der Waals surface area (Å²) >= 11 is 0. The molecule has 9 nitrogen and oxygen atoms in total. The van der Waals surface area contributed by atoms with Crippen molar-refractivity contribution in [3.63, 3.8) is 0 Å². The molecule has 2 heterocycles. The number of hydrogen-bond donors (Lipinski definition) is 2. The fraction of sp³-hybridized carbons (Fsp3) is 0.923. The first-order valence-corrected chi connectivity index (χ1v) is 9.45. The van der Waals surface area contributed by atoms with E-state index >= 15 is 0 Å². The van der Waals surface area contributed by atoms with Crippen molar-refractivity contribution in [2.24, 2.45) is 0 Å². The second kappa shape index (κ2) is 7.86. The van der Waals surface area contributed by atoms with Gasteiger partial charge in [0.2, 0.25) is 15.9 Å². The van der Waals surface area contributed by atoms with E-state index in [0.717, 1.165) is 6.26 Å². The van der Waals surface area contributed by atoms with Crippen LogP contribution in [0.2, 0.25) is 0 Å². The molecule has 0 aromatic heterocycles. The van der Waals surface area contributed by atoms with Gasteiger partial charge in [-0.25, -0.2) is 8.42 Å². The summed E-state index contributed by atoms with van der Waals surface area (Å²) < 4.78 is 34.9. The first kappa shape index (κ1) is 18.6. The second-order valence-corrected chi connectivity index (χ2v) is 7.79. The van der Waals surface area contributed by atoms with Crippen LogP contribution in [0, 0.1) is 0 Å². The molecule has 0 radical (unpaired) electrons. The van der Waals surface area contributed by atoms with Crippen molar-refractivity contribution in [2.75, 3.05) is 45.6 Å². The molecule has 23 heavy (non-hydrogen) atoms. The Morgan fingerprint density at radius 2 is 1.91 bits per heavy atom. The third-order valence-corrected chi connectivity index (χ3v) is 5.36. The van der Waals surface area contributed by atoms with Crippen LogP contribution in [-0.4, -0.2) is 97.9 Å². The van der Waals surface area contributed by atoms with Crippen LogP contribution in [0.25, 0.3) is 0 Å². The first-order chi connectivity index (χ1) is 10.8. The molecule has 3 unspecified atom stereocenters. The van der Waals surface area contributed by atoms with Crippen molar-refractivity contribution in [2.45, 2.75) is 31.3 Å². The summed E-state index contributed by atoms with van der Waals surface area (Å²) in [6.07, 6.45) is -0.0186. The van der Waals surface area contributed by atoms with E-state index in [9.17, 15) is 18.3 Å². The van der Waals surface area contributed by atoms with Crippen LogP contribution in [-0.2, 0) is 24.3 Å². The minimum Gasteiger partial charge on any atom is -0.394 e. The number of sulfonamides is 1. The van der Waals surface area contributed by atoms with Gasteiger partial charge in [0.25, 0.3) is 0 Å². The standard InChI is InChI=1S/C13H24N2O7S/c1-23(19,20)15-6-4-14(5-7-15)12(18)9-21-13-11(17)3-2-10(8-16)22-13/h10-11,13,16-17H,2-9H2,1H3. The molecule has 2 aliphatic heterocycles. The summed E-state index contributed by atoms with van der Waals surface area (Å²) in [6, 6.07) is 0. The second-order valence-electron chi connectivity index (χ2n) is 5.81. The highest BCUT2D eigenvalue weighted by atomic mass is 32.2. The molecule has 3 atom stereocenters.